The van der Waals surface area contributed by atoms with E-state index in [4.69, 9.17) is 9.47 Å². The Bertz CT molecular complexity index is 919. The fourth-order valence-corrected chi connectivity index (χ4v) is 2.43. The summed E-state index contributed by atoms with van der Waals surface area (Å²) in [5, 5.41) is 2.54. The van der Waals surface area contributed by atoms with Crippen molar-refractivity contribution in [2.24, 2.45) is 0 Å². The normalized spacial score (nSPS) is 11.2. The fourth-order valence-electron chi connectivity index (χ4n) is 2.43. The summed E-state index contributed by atoms with van der Waals surface area (Å²) in [6.07, 6.45) is 2.59. The van der Waals surface area contributed by atoms with Crippen molar-refractivity contribution in [3.8, 4) is 0 Å². The molecule has 0 saturated carbocycles. The number of ether oxygens (including phenoxy) is 2. The zero-order chi connectivity index (χ0) is 18.6. The third-order valence-corrected chi connectivity index (χ3v) is 3.60. The number of pyridine rings is 1. The second-order valence-corrected chi connectivity index (χ2v) is 6.15. The molecule has 0 radical (unpaired) electrons. The molecule has 0 atom stereocenters. The third kappa shape index (κ3) is 4.18. The minimum absolute atomic E-state index is 0.130. The van der Waals surface area contributed by atoms with Crippen LogP contribution in [0.25, 0.3) is 5.65 Å². The minimum atomic E-state index is -1.24. The van der Waals surface area contributed by atoms with E-state index in [1.807, 2.05) is 30.3 Å². The molecule has 0 unspecified atom stereocenters. The Morgan fingerprint density at radius 3 is 2.65 bits per heavy atom. The first-order valence-corrected chi connectivity index (χ1v) is 8.09. The number of hydrogen-bond donors (Lipinski definition) is 1. The van der Waals surface area contributed by atoms with E-state index in [-0.39, 0.29) is 6.61 Å². The molecule has 0 saturated heterocycles. The highest BCUT2D eigenvalue weighted by molar-refractivity contribution is 5.88. The van der Waals surface area contributed by atoms with Gasteiger partial charge in [-0.05, 0) is 31.5 Å². The van der Waals surface area contributed by atoms with Crippen LogP contribution in [0.5, 0.6) is 0 Å². The van der Waals surface area contributed by atoms with Crippen molar-refractivity contribution in [3.63, 3.8) is 0 Å². The molecule has 3 aromatic rings. The minimum Gasteiger partial charge on any atom is -0.445 e. The summed E-state index contributed by atoms with van der Waals surface area (Å²) in [6.45, 7) is 3.27. The van der Waals surface area contributed by atoms with Gasteiger partial charge in [0, 0.05) is 12.4 Å². The molecule has 0 aliphatic carbocycles. The van der Waals surface area contributed by atoms with Gasteiger partial charge in [-0.2, -0.15) is 0 Å². The maximum absolute atomic E-state index is 12.5. The standard InChI is InChI=1S/C19H19N3O4/c1-19(2,21-18(24)25-13-14-7-4-3-5-8-14)26-17(23)15-9-6-10-16-20-11-12-22(15)16/h3-12H,13H2,1-2H3,(H,21,24). The molecular weight excluding hydrogens is 334 g/mol. The lowest BCUT2D eigenvalue weighted by Crippen LogP contribution is -2.47. The van der Waals surface area contributed by atoms with Gasteiger partial charge in [0.1, 0.15) is 17.9 Å². The van der Waals surface area contributed by atoms with Gasteiger partial charge in [-0.3, -0.25) is 9.72 Å². The molecule has 0 aliphatic heterocycles. The van der Waals surface area contributed by atoms with Gasteiger partial charge >= 0.3 is 12.1 Å². The molecule has 3 rings (SSSR count). The number of rotatable bonds is 5. The van der Waals surface area contributed by atoms with Crippen molar-refractivity contribution in [2.75, 3.05) is 0 Å². The van der Waals surface area contributed by atoms with Crippen LogP contribution in [0, 0.1) is 0 Å². The van der Waals surface area contributed by atoms with Gasteiger partial charge in [-0.25, -0.2) is 14.6 Å². The fraction of sp³-hybridized carbons (Fsp3) is 0.211. The first kappa shape index (κ1) is 17.5. The van der Waals surface area contributed by atoms with Crippen LogP contribution in [0.4, 0.5) is 4.79 Å². The molecule has 1 N–H and O–H groups in total. The molecule has 26 heavy (non-hydrogen) atoms. The number of carbonyl (C=O) groups excluding carboxylic acids is 2. The Balaban J connectivity index is 1.60. The largest absolute Gasteiger partial charge is 0.445 e. The maximum Gasteiger partial charge on any atom is 0.410 e. The second kappa shape index (κ2) is 7.26. The Morgan fingerprint density at radius 2 is 1.88 bits per heavy atom. The molecule has 1 aromatic carbocycles. The summed E-state index contributed by atoms with van der Waals surface area (Å²) in [7, 11) is 0. The summed E-state index contributed by atoms with van der Waals surface area (Å²) in [5.41, 5.74) is 0.567. The molecule has 2 heterocycles. The first-order valence-electron chi connectivity index (χ1n) is 8.09. The van der Waals surface area contributed by atoms with Gasteiger partial charge in [0.2, 0.25) is 0 Å². The van der Waals surface area contributed by atoms with Crippen molar-refractivity contribution in [2.45, 2.75) is 26.2 Å². The van der Waals surface area contributed by atoms with Crippen LogP contribution in [-0.4, -0.2) is 27.2 Å². The van der Waals surface area contributed by atoms with E-state index >= 15 is 0 Å². The number of fused-ring (bicyclic) bond motifs is 1. The molecule has 0 aliphatic rings. The number of amides is 1. The van der Waals surface area contributed by atoms with Crippen LogP contribution in [-0.2, 0) is 16.1 Å². The summed E-state index contributed by atoms with van der Waals surface area (Å²) >= 11 is 0. The number of esters is 1. The van der Waals surface area contributed by atoms with Gasteiger partial charge < -0.3 is 9.47 Å². The van der Waals surface area contributed by atoms with Crippen molar-refractivity contribution < 1.29 is 19.1 Å². The first-order chi connectivity index (χ1) is 12.4. The smallest absolute Gasteiger partial charge is 0.410 e. The number of aromatic nitrogens is 2. The van der Waals surface area contributed by atoms with Crippen molar-refractivity contribution >= 4 is 17.7 Å². The van der Waals surface area contributed by atoms with Crippen LogP contribution >= 0.6 is 0 Å². The lowest BCUT2D eigenvalue weighted by molar-refractivity contribution is -0.0174. The summed E-state index contributed by atoms with van der Waals surface area (Å²) in [5.74, 6) is -0.582. The van der Waals surface area contributed by atoms with E-state index in [9.17, 15) is 9.59 Å². The molecule has 7 nitrogen and oxygen atoms in total. The quantitative estimate of drug-likeness (QED) is 0.563. The van der Waals surface area contributed by atoms with E-state index < -0.39 is 17.8 Å². The van der Waals surface area contributed by atoms with Crippen molar-refractivity contribution in [1.82, 2.24) is 14.7 Å². The monoisotopic (exact) mass is 353 g/mol. The average molecular weight is 353 g/mol. The number of nitrogens with zero attached hydrogens (tertiary/aromatic N) is 2. The molecule has 0 fully saturated rings. The maximum atomic E-state index is 12.5. The molecule has 0 spiro atoms. The molecule has 0 bridgehead atoms. The number of nitrogens with one attached hydrogen (secondary N) is 1. The SMILES string of the molecule is CC(C)(NC(=O)OCc1ccccc1)OC(=O)c1cccc2nccn12. The summed E-state index contributed by atoms with van der Waals surface area (Å²) < 4.78 is 12.2. The summed E-state index contributed by atoms with van der Waals surface area (Å²) in [6, 6.07) is 14.4. The summed E-state index contributed by atoms with van der Waals surface area (Å²) in [4.78, 5) is 28.6. The lowest BCUT2D eigenvalue weighted by atomic mass is 10.2. The van der Waals surface area contributed by atoms with Crippen molar-refractivity contribution in [1.29, 1.82) is 0 Å². The van der Waals surface area contributed by atoms with E-state index in [1.54, 1.807) is 48.8 Å². The predicted octanol–water partition coefficient (Wildman–Crippen LogP) is 3.15. The third-order valence-electron chi connectivity index (χ3n) is 3.60. The van der Waals surface area contributed by atoms with E-state index in [0.29, 0.717) is 11.3 Å². The molecule has 2 aromatic heterocycles. The topological polar surface area (TPSA) is 81.9 Å². The van der Waals surface area contributed by atoms with Gasteiger partial charge in [-0.1, -0.05) is 36.4 Å². The van der Waals surface area contributed by atoms with Gasteiger partial charge in [-0.15, -0.1) is 0 Å². The number of benzene rings is 1. The highest BCUT2D eigenvalue weighted by Crippen LogP contribution is 2.13. The van der Waals surface area contributed by atoms with Crippen molar-refractivity contribution in [3.05, 3.63) is 72.2 Å². The molecule has 1 amide bonds. The van der Waals surface area contributed by atoms with Gasteiger partial charge in [0.05, 0.1) is 0 Å². The molecule has 134 valence electrons. The molecule has 7 heteroatoms. The van der Waals surface area contributed by atoms with Gasteiger partial charge in [0.25, 0.3) is 0 Å². The highest BCUT2D eigenvalue weighted by Gasteiger charge is 2.27. The van der Waals surface area contributed by atoms with Crippen LogP contribution in [0.2, 0.25) is 0 Å². The van der Waals surface area contributed by atoms with E-state index in [2.05, 4.69) is 10.3 Å². The van der Waals surface area contributed by atoms with E-state index in [1.165, 1.54) is 0 Å². The number of carbonyl (C=O) groups is 2. The van der Waals surface area contributed by atoms with Crippen LogP contribution in [0.3, 0.4) is 0 Å². The zero-order valence-electron chi connectivity index (χ0n) is 14.5. The lowest BCUT2D eigenvalue weighted by Gasteiger charge is -2.26. The predicted molar refractivity (Wildman–Crippen MR) is 94.4 cm³/mol. The number of imidazole rings is 1. The highest BCUT2D eigenvalue weighted by atomic mass is 16.6. The Kier molecular flexibility index (Phi) is 4.88. The average Bonchev–Trinajstić information content (AvgIpc) is 3.08. The Hall–Kier alpha value is -3.35. The van der Waals surface area contributed by atoms with Crippen LogP contribution in [0.1, 0.15) is 29.9 Å². The van der Waals surface area contributed by atoms with Crippen LogP contribution < -0.4 is 5.32 Å². The van der Waals surface area contributed by atoms with E-state index in [0.717, 1.165) is 5.56 Å². The Labute approximate surface area is 150 Å². The zero-order valence-corrected chi connectivity index (χ0v) is 14.5. The second-order valence-electron chi connectivity index (χ2n) is 6.15. The Morgan fingerprint density at radius 1 is 1.12 bits per heavy atom. The number of alkyl carbamates (subject to hydrolysis) is 1. The molecular formula is C19H19N3O4. The van der Waals surface area contributed by atoms with Crippen LogP contribution in [0.15, 0.2) is 60.9 Å². The number of hydrogen-bond acceptors (Lipinski definition) is 5. The van der Waals surface area contributed by atoms with Gasteiger partial charge in [0.15, 0.2) is 5.72 Å².